The van der Waals surface area contributed by atoms with Crippen LogP contribution in [0.2, 0.25) is 0 Å². The molecule has 1 rings (SSSR count). The number of carbonyl (C=O) groups excluding carboxylic acids is 2. The summed E-state index contributed by atoms with van der Waals surface area (Å²) >= 11 is 0. The lowest BCUT2D eigenvalue weighted by Crippen LogP contribution is -2.36. The summed E-state index contributed by atoms with van der Waals surface area (Å²) in [6.45, 7) is 11.0. The zero-order chi connectivity index (χ0) is 18.9. The van der Waals surface area contributed by atoms with Crippen LogP contribution in [0.1, 0.15) is 79.6 Å². The van der Waals surface area contributed by atoms with Gasteiger partial charge in [-0.3, -0.25) is 4.79 Å². The molecule has 5 nitrogen and oxygen atoms in total. The first-order valence-corrected chi connectivity index (χ1v) is 9.93. The molecule has 1 heterocycles. The molecular weight excluding hydrogens is 318 g/mol. The van der Waals surface area contributed by atoms with E-state index in [9.17, 15) is 9.59 Å². The van der Waals surface area contributed by atoms with E-state index in [0.717, 1.165) is 12.8 Å². The molecule has 0 spiro atoms. The Balaban J connectivity index is 2.56. The minimum absolute atomic E-state index is 0.176. The number of nitrogens with zero attached hydrogens (tertiary/aromatic N) is 1. The highest BCUT2D eigenvalue weighted by molar-refractivity contribution is 5.76. The number of amides is 1. The van der Waals surface area contributed by atoms with Gasteiger partial charge in [0.15, 0.2) is 0 Å². The summed E-state index contributed by atoms with van der Waals surface area (Å²) in [5.41, 5.74) is -0.520. The van der Waals surface area contributed by atoms with E-state index in [2.05, 4.69) is 6.92 Å². The Kier molecular flexibility index (Phi) is 9.30. The van der Waals surface area contributed by atoms with Gasteiger partial charge in [0, 0.05) is 13.1 Å². The highest BCUT2D eigenvalue weighted by Gasteiger charge is 2.41. The maximum absolute atomic E-state index is 12.3. The summed E-state index contributed by atoms with van der Waals surface area (Å²) in [5, 5.41) is 0. The zero-order valence-corrected chi connectivity index (χ0v) is 16.8. The molecule has 0 N–H and O–H groups in total. The third-order valence-electron chi connectivity index (χ3n) is 4.61. The van der Waals surface area contributed by atoms with Gasteiger partial charge in [-0.15, -0.1) is 0 Å². The van der Waals surface area contributed by atoms with Crippen LogP contribution in [0.3, 0.4) is 0 Å². The Morgan fingerprint density at radius 2 is 1.64 bits per heavy atom. The number of esters is 1. The standard InChI is InChI=1S/C20H37NO4/c1-6-8-9-10-11-12-13-16-14-21(19(23)25-20(3,4)5)15-17(16)18(22)24-7-2/h16-17H,6-15H2,1-5H3. The molecule has 0 aromatic heterocycles. The number of unbranched alkanes of at least 4 members (excludes halogenated alkanes) is 5. The van der Waals surface area contributed by atoms with Crippen molar-refractivity contribution in [2.45, 2.75) is 85.2 Å². The molecule has 2 atom stereocenters. The second-order valence-electron chi connectivity index (χ2n) is 8.06. The smallest absolute Gasteiger partial charge is 0.410 e. The molecule has 5 heteroatoms. The lowest BCUT2D eigenvalue weighted by Gasteiger charge is -2.24. The van der Waals surface area contributed by atoms with Gasteiger partial charge in [-0.2, -0.15) is 0 Å². The number of hydrogen-bond donors (Lipinski definition) is 0. The van der Waals surface area contributed by atoms with E-state index in [1.54, 1.807) is 4.90 Å². The average Bonchev–Trinajstić information content (AvgIpc) is 2.94. The fraction of sp³-hybridized carbons (Fsp3) is 0.900. The third kappa shape index (κ3) is 8.10. The number of hydrogen-bond acceptors (Lipinski definition) is 4. The van der Waals surface area contributed by atoms with Crippen molar-refractivity contribution >= 4 is 12.1 Å². The van der Waals surface area contributed by atoms with Gasteiger partial charge in [0.05, 0.1) is 12.5 Å². The van der Waals surface area contributed by atoms with Crippen LogP contribution in [-0.2, 0) is 14.3 Å². The van der Waals surface area contributed by atoms with Crippen LogP contribution >= 0.6 is 0 Å². The Labute approximate surface area is 153 Å². The van der Waals surface area contributed by atoms with E-state index in [0.29, 0.717) is 19.7 Å². The first-order valence-electron chi connectivity index (χ1n) is 9.93. The van der Waals surface area contributed by atoms with Gasteiger partial charge in [0.1, 0.15) is 5.60 Å². The van der Waals surface area contributed by atoms with Gasteiger partial charge in [0.2, 0.25) is 0 Å². The number of likely N-dealkylation sites (tertiary alicyclic amines) is 1. The molecule has 0 aromatic rings. The maximum Gasteiger partial charge on any atom is 0.410 e. The van der Waals surface area contributed by atoms with Crippen molar-refractivity contribution in [1.29, 1.82) is 0 Å². The lowest BCUT2D eigenvalue weighted by atomic mass is 9.90. The van der Waals surface area contributed by atoms with Gasteiger partial charge >= 0.3 is 12.1 Å². The van der Waals surface area contributed by atoms with E-state index < -0.39 is 5.60 Å². The van der Waals surface area contributed by atoms with Gasteiger partial charge in [-0.05, 0) is 40.0 Å². The zero-order valence-electron chi connectivity index (χ0n) is 16.8. The molecule has 2 unspecified atom stereocenters. The van der Waals surface area contributed by atoms with Crippen LogP contribution in [0.5, 0.6) is 0 Å². The van der Waals surface area contributed by atoms with Crippen molar-refractivity contribution < 1.29 is 19.1 Å². The first-order chi connectivity index (χ1) is 11.8. The van der Waals surface area contributed by atoms with Crippen molar-refractivity contribution in [2.75, 3.05) is 19.7 Å². The van der Waals surface area contributed by atoms with Crippen molar-refractivity contribution in [3.63, 3.8) is 0 Å². The normalized spacial score (nSPS) is 20.6. The average molecular weight is 356 g/mol. The molecular formula is C20H37NO4. The van der Waals surface area contributed by atoms with E-state index in [-0.39, 0.29) is 23.9 Å². The Morgan fingerprint density at radius 3 is 2.24 bits per heavy atom. The van der Waals surface area contributed by atoms with Crippen molar-refractivity contribution in [2.24, 2.45) is 11.8 Å². The Bertz CT molecular complexity index is 416. The number of carbonyl (C=O) groups is 2. The van der Waals surface area contributed by atoms with Gasteiger partial charge in [-0.1, -0.05) is 45.4 Å². The summed E-state index contributed by atoms with van der Waals surface area (Å²) in [4.78, 5) is 26.3. The van der Waals surface area contributed by atoms with Gasteiger partial charge in [-0.25, -0.2) is 4.79 Å². The topological polar surface area (TPSA) is 55.8 Å². The van der Waals surface area contributed by atoms with E-state index in [1.807, 2.05) is 27.7 Å². The first kappa shape index (κ1) is 21.8. The van der Waals surface area contributed by atoms with Crippen LogP contribution in [0.15, 0.2) is 0 Å². The molecule has 0 radical (unpaired) electrons. The van der Waals surface area contributed by atoms with E-state index in [4.69, 9.17) is 9.47 Å². The summed E-state index contributed by atoms with van der Waals surface area (Å²) in [7, 11) is 0. The summed E-state index contributed by atoms with van der Waals surface area (Å²) in [5.74, 6) is -0.217. The monoisotopic (exact) mass is 355 g/mol. The van der Waals surface area contributed by atoms with E-state index in [1.165, 1.54) is 32.1 Å². The highest BCUT2D eigenvalue weighted by atomic mass is 16.6. The summed E-state index contributed by atoms with van der Waals surface area (Å²) in [6, 6.07) is 0. The van der Waals surface area contributed by atoms with Crippen LogP contribution < -0.4 is 0 Å². The fourth-order valence-corrected chi connectivity index (χ4v) is 3.34. The highest BCUT2D eigenvalue weighted by Crippen LogP contribution is 2.30. The van der Waals surface area contributed by atoms with Crippen molar-refractivity contribution in [3.05, 3.63) is 0 Å². The van der Waals surface area contributed by atoms with Crippen LogP contribution in [0.4, 0.5) is 4.79 Å². The molecule has 0 aliphatic carbocycles. The summed E-state index contributed by atoms with van der Waals surface area (Å²) < 4.78 is 10.7. The molecule has 1 amide bonds. The number of rotatable bonds is 9. The maximum atomic E-state index is 12.3. The predicted molar refractivity (Wildman–Crippen MR) is 99.4 cm³/mol. The van der Waals surface area contributed by atoms with Gasteiger partial charge in [0.25, 0.3) is 0 Å². The second kappa shape index (κ2) is 10.7. The van der Waals surface area contributed by atoms with Crippen molar-refractivity contribution in [1.82, 2.24) is 4.90 Å². The molecule has 1 aliphatic heterocycles. The Hall–Kier alpha value is -1.26. The van der Waals surface area contributed by atoms with Crippen LogP contribution in [0.25, 0.3) is 0 Å². The SMILES string of the molecule is CCCCCCCCC1CN(C(=O)OC(C)(C)C)CC1C(=O)OCC. The van der Waals surface area contributed by atoms with Gasteiger partial charge < -0.3 is 14.4 Å². The predicted octanol–water partition coefficient (Wildman–Crippen LogP) is 4.78. The minimum Gasteiger partial charge on any atom is -0.466 e. The number of ether oxygens (including phenoxy) is 2. The molecule has 0 saturated carbocycles. The Morgan fingerprint density at radius 1 is 1.00 bits per heavy atom. The molecule has 1 aliphatic rings. The molecule has 1 saturated heterocycles. The third-order valence-corrected chi connectivity index (χ3v) is 4.61. The summed E-state index contributed by atoms with van der Waals surface area (Å²) in [6.07, 6.45) is 8.01. The molecule has 0 aromatic carbocycles. The molecule has 146 valence electrons. The quantitative estimate of drug-likeness (QED) is 0.441. The van der Waals surface area contributed by atoms with E-state index >= 15 is 0 Å². The largest absolute Gasteiger partial charge is 0.466 e. The van der Waals surface area contributed by atoms with Crippen LogP contribution in [0, 0.1) is 11.8 Å². The van der Waals surface area contributed by atoms with Crippen molar-refractivity contribution in [3.8, 4) is 0 Å². The second-order valence-corrected chi connectivity index (χ2v) is 8.06. The molecule has 1 fully saturated rings. The van der Waals surface area contributed by atoms with Crippen LogP contribution in [-0.4, -0.2) is 42.3 Å². The minimum atomic E-state index is -0.520. The fourth-order valence-electron chi connectivity index (χ4n) is 3.34. The lowest BCUT2D eigenvalue weighted by molar-refractivity contribution is -0.148. The molecule has 25 heavy (non-hydrogen) atoms. The molecule has 0 bridgehead atoms.